The molecule has 2 amide bonds. The molecular weight excluding hydrogens is 412 g/mol. The number of aromatic nitrogens is 4. The molecule has 0 bridgehead atoms. The van der Waals surface area contributed by atoms with Gasteiger partial charge in [-0.1, -0.05) is 19.9 Å². The summed E-state index contributed by atoms with van der Waals surface area (Å²) in [6, 6.07) is 9.13. The number of aromatic amines is 1. The average molecular weight is 437 g/mol. The number of H-pyrrole nitrogens is 1. The van der Waals surface area contributed by atoms with E-state index in [0.717, 1.165) is 21.8 Å². The SMILES string of the molecule is Cc1ccc(NC(=O)Nc2ncc(Cc3nc4ncccc4[nH]3)s2)c(OCC(C)C)c1. The summed E-state index contributed by atoms with van der Waals surface area (Å²) in [5.41, 5.74) is 3.27. The van der Waals surface area contributed by atoms with E-state index in [1.807, 2.05) is 37.3 Å². The van der Waals surface area contributed by atoms with Crippen LogP contribution >= 0.6 is 11.3 Å². The van der Waals surface area contributed by atoms with E-state index >= 15 is 0 Å². The van der Waals surface area contributed by atoms with E-state index in [1.165, 1.54) is 11.3 Å². The van der Waals surface area contributed by atoms with Gasteiger partial charge in [0.15, 0.2) is 10.8 Å². The van der Waals surface area contributed by atoms with Crippen LogP contribution in [-0.4, -0.2) is 32.6 Å². The van der Waals surface area contributed by atoms with E-state index in [0.29, 0.717) is 41.2 Å². The molecule has 3 heterocycles. The predicted octanol–water partition coefficient (Wildman–Crippen LogP) is 4.99. The molecule has 160 valence electrons. The molecule has 0 atom stereocenters. The summed E-state index contributed by atoms with van der Waals surface area (Å²) in [7, 11) is 0. The molecule has 1 aromatic carbocycles. The number of hydrogen-bond acceptors (Lipinski definition) is 6. The number of hydrogen-bond donors (Lipinski definition) is 3. The molecule has 0 spiro atoms. The molecule has 0 saturated carbocycles. The molecule has 3 N–H and O–H groups in total. The van der Waals surface area contributed by atoms with Gasteiger partial charge in [-0.3, -0.25) is 5.32 Å². The van der Waals surface area contributed by atoms with Crippen molar-refractivity contribution in [2.75, 3.05) is 17.2 Å². The van der Waals surface area contributed by atoms with Crippen molar-refractivity contribution in [1.29, 1.82) is 0 Å². The third-order valence-electron chi connectivity index (χ3n) is 4.38. The van der Waals surface area contributed by atoms with Crippen LogP contribution in [-0.2, 0) is 6.42 Å². The maximum Gasteiger partial charge on any atom is 0.325 e. The molecule has 0 saturated heterocycles. The van der Waals surface area contributed by atoms with Crippen molar-refractivity contribution < 1.29 is 9.53 Å². The Hall–Kier alpha value is -3.46. The Kier molecular flexibility index (Phi) is 6.13. The van der Waals surface area contributed by atoms with Crippen LogP contribution in [0.2, 0.25) is 0 Å². The first-order valence-corrected chi connectivity index (χ1v) is 10.8. The highest BCUT2D eigenvalue weighted by molar-refractivity contribution is 7.15. The molecule has 0 aliphatic carbocycles. The van der Waals surface area contributed by atoms with Gasteiger partial charge in [-0.25, -0.2) is 19.7 Å². The third-order valence-corrected chi connectivity index (χ3v) is 5.29. The number of nitrogens with one attached hydrogen (secondary N) is 3. The molecule has 0 aliphatic heterocycles. The first-order valence-electron chi connectivity index (χ1n) is 10.0. The van der Waals surface area contributed by atoms with Crippen molar-refractivity contribution in [3.8, 4) is 5.75 Å². The minimum absolute atomic E-state index is 0.368. The number of ether oxygens (including phenoxy) is 1. The van der Waals surface area contributed by atoms with Gasteiger partial charge in [-0.15, -0.1) is 11.3 Å². The maximum atomic E-state index is 12.5. The number of amides is 2. The van der Waals surface area contributed by atoms with Crippen LogP contribution < -0.4 is 15.4 Å². The van der Waals surface area contributed by atoms with E-state index in [1.54, 1.807) is 12.4 Å². The van der Waals surface area contributed by atoms with E-state index in [2.05, 4.69) is 44.4 Å². The molecule has 0 fully saturated rings. The molecular formula is C22H24N6O2S. The minimum Gasteiger partial charge on any atom is -0.491 e. The van der Waals surface area contributed by atoms with Gasteiger partial charge in [-0.2, -0.15) is 0 Å². The van der Waals surface area contributed by atoms with Crippen molar-refractivity contribution >= 4 is 39.4 Å². The number of aryl methyl sites for hydroxylation is 1. The summed E-state index contributed by atoms with van der Waals surface area (Å²) in [6.07, 6.45) is 4.04. The first kappa shape index (κ1) is 20.8. The van der Waals surface area contributed by atoms with Crippen LogP contribution in [0.5, 0.6) is 5.75 Å². The van der Waals surface area contributed by atoms with Gasteiger partial charge in [0.1, 0.15) is 11.6 Å². The second kappa shape index (κ2) is 9.13. The Morgan fingerprint density at radius 3 is 2.90 bits per heavy atom. The van der Waals surface area contributed by atoms with Gasteiger partial charge in [0.2, 0.25) is 0 Å². The Balaban J connectivity index is 1.39. The lowest BCUT2D eigenvalue weighted by molar-refractivity contribution is 0.260. The third kappa shape index (κ3) is 5.37. The van der Waals surface area contributed by atoms with Gasteiger partial charge in [0, 0.05) is 23.7 Å². The van der Waals surface area contributed by atoms with E-state index in [-0.39, 0.29) is 6.03 Å². The monoisotopic (exact) mass is 436 g/mol. The van der Waals surface area contributed by atoms with E-state index < -0.39 is 0 Å². The van der Waals surface area contributed by atoms with Crippen LogP contribution in [0.3, 0.4) is 0 Å². The van der Waals surface area contributed by atoms with E-state index in [9.17, 15) is 4.79 Å². The van der Waals surface area contributed by atoms with Gasteiger partial charge in [0.05, 0.1) is 17.8 Å². The van der Waals surface area contributed by atoms with Gasteiger partial charge >= 0.3 is 6.03 Å². The van der Waals surface area contributed by atoms with Crippen molar-refractivity contribution in [2.45, 2.75) is 27.2 Å². The molecule has 0 unspecified atom stereocenters. The highest BCUT2D eigenvalue weighted by atomic mass is 32.1. The summed E-state index contributed by atoms with van der Waals surface area (Å²) in [6.45, 7) is 6.73. The maximum absolute atomic E-state index is 12.5. The number of nitrogens with zero attached hydrogens (tertiary/aromatic N) is 3. The van der Waals surface area contributed by atoms with Crippen LogP contribution in [0.25, 0.3) is 11.2 Å². The van der Waals surface area contributed by atoms with Gasteiger partial charge < -0.3 is 15.0 Å². The second-order valence-corrected chi connectivity index (χ2v) is 8.77. The van der Waals surface area contributed by atoms with Crippen molar-refractivity contribution in [2.24, 2.45) is 5.92 Å². The summed E-state index contributed by atoms with van der Waals surface area (Å²) < 4.78 is 5.85. The van der Waals surface area contributed by atoms with Crippen molar-refractivity contribution in [3.63, 3.8) is 0 Å². The largest absolute Gasteiger partial charge is 0.491 e. The standard InChI is InChI=1S/C22H24N6O2S/c1-13(2)12-30-18-9-14(3)6-7-16(18)26-21(29)28-22-24-11-15(31-22)10-19-25-17-5-4-8-23-20(17)27-19/h4-9,11,13H,10,12H2,1-3H3,(H,23,25,27)(H2,24,26,28,29). The van der Waals surface area contributed by atoms with Gasteiger partial charge in [0.25, 0.3) is 0 Å². The Morgan fingerprint density at radius 1 is 1.23 bits per heavy atom. The zero-order valence-corrected chi connectivity index (χ0v) is 18.4. The number of imidazole rings is 1. The lowest BCUT2D eigenvalue weighted by atomic mass is 10.2. The Morgan fingerprint density at radius 2 is 2.10 bits per heavy atom. The smallest absolute Gasteiger partial charge is 0.325 e. The van der Waals surface area contributed by atoms with Crippen LogP contribution in [0.4, 0.5) is 15.6 Å². The fourth-order valence-electron chi connectivity index (χ4n) is 2.95. The summed E-state index contributed by atoms with van der Waals surface area (Å²) >= 11 is 1.40. The highest BCUT2D eigenvalue weighted by Gasteiger charge is 2.12. The zero-order valence-electron chi connectivity index (χ0n) is 17.6. The average Bonchev–Trinajstić information content (AvgIpc) is 3.34. The fourth-order valence-corrected chi connectivity index (χ4v) is 3.76. The second-order valence-electron chi connectivity index (χ2n) is 7.65. The number of rotatable bonds is 7. The topological polar surface area (TPSA) is 105 Å². The lowest BCUT2D eigenvalue weighted by Crippen LogP contribution is -2.20. The minimum atomic E-state index is -0.368. The summed E-state index contributed by atoms with van der Waals surface area (Å²) in [5.74, 6) is 1.85. The molecule has 31 heavy (non-hydrogen) atoms. The summed E-state index contributed by atoms with van der Waals surface area (Å²) in [5, 5.41) is 6.15. The molecule has 0 aliphatic rings. The van der Waals surface area contributed by atoms with Crippen LogP contribution in [0, 0.1) is 12.8 Å². The molecule has 8 nitrogen and oxygen atoms in total. The van der Waals surface area contributed by atoms with Crippen molar-refractivity contribution in [1.82, 2.24) is 19.9 Å². The number of carbonyl (C=O) groups excluding carboxylic acids is 1. The van der Waals surface area contributed by atoms with Crippen LogP contribution in [0.1, 0.15) is 30.1 Å². The van der Waals surface area contributed by atoms with Gasteiger partial charge in [-0.05, 0) is 42.7 Å². The number of fused-ring (bicyclic) bond motifs is 1. The highest BCUT2D eigenvalue weighted by Crippen LogP contribution is 2.27. The number of benzene rings is 1. The van der Waals surface area contributed by atoms with E-state index in [4.69, 9.17) is 4.74 Å². The normalized spacial score (nSPS) is 11.1. The first-order chi connectivity index (χ1) is 15.0. The fraction of sp³-hybridized carbons (Fsp3) is 0.273. The number of anilines is 2. The molecule has 4 rings (SSSR count). The molecule has 9 heteroatoms. The zero-order chi connectivity index (χ0) is 21.8. The molecule has 4 aromatic rings. The predicted molar refractivity (Wildman–Crippen MR) is 123 cm³/mol. The number of thiazole rings is 1. The lowest BCUT2D eigenvalue weighted by Gasteiger charge is -2.14. The van der Waals surface area contributed by atoms with Crippen LogP contribution in [0.15, 0.2) is 42.7 Å². The quantitative estimate of drug-likeness (QED) is 0.378. The number of urea groups is 1. The van der Waals surface area contributed by atoms with Crippen molar-refractivity contribution in [3.05, 3.63) is 59.0 Å². The number of carbonyl (C=O) groups is 1. The Bertz CT molecular complexity index is 1170. The summed E-state index contributed by atoms with van der Waals surface area (Å²) in [4.78, 5) is 29.7. The molecule has 0 radical (unpaired) electrons. The molecule has 3 aromatic heterocycles. The Labute approximate surface area is 184 Å². The number of pyridine rings is 1.